The van der Waals surface area contributed by atoms with E-state index in [0.29, 0.717) is 11.5 Å². The van der Waals surface area contributed by atoms with E-state index in [2.05, 4.69) is 15.8 Å². The summed E-state index contributed by atoms with van der Waals surface area (Å²) in [5.41, 5.74) is 6.45. The maximum atomic E-state index is 12.2. The number of methoxy groups -OCH3 is 1. The van der Waals surface area contributed by atoms with Gasteiger partial charge >= 0.3 is 0 Å². The lowest BCUT2D eigenvalue weighted by Crippen LogP contribution is -2.20. The van der Waals surface area contributed by atoms with Crippen molar-refractivity contribution in [3.63, 3.8) is 0 Å². The summed E-state index contributed by atoms with van der Waals surface area (Å²) in [5.74, 6) is 0.775. The van der Waals surface area contributed by atoms with Crippen LogP contribution in [0.2, 0.25) is 0 Å². The molecule has 0 aromatic heterocycles. The Morgan fingerprint density at radius 1 is 1.00 bits per heavy atom. The quantitative estimate of drug-likeness (QED) is 0.441. The maximum Gasteiger partial charge on any atom is 0.262 e. The lowest BCUT2D eigenvalue weighted by atomic mass is 10.2. The van der Waals surface area contributed by atoms with Crippen molar-refractivity contribution in [2.45, 2.75) is 6.92 Å². The molecule has 148 valence electrons. The number of rotatable bonds is 8. The minimum Gasteiger partial charge on any atom is -0.493 e. The van der Waals surface area contributed by atoms with Gasteiger partial charge in [-0.25, -0.2) is 0 Å². The van der Waals surface area contributed by atoms with Crippen LogP contribution in [0.3, 0.4) is 0 Å². The van der Waals surface area contributed by atoms with Crippen LogP contribution in [0.25, 0.3) is 0 Å². The Labute approximate surface area is 170 Å². The molecule has 6 nitrogen and oxygen atoms in total. The van der Waals surface area contributed by atoms with E-state index in [1.807, 2.05) is 67.6 Å². The number of aryl methyl sites for hydroxylation is 1. The molecular formula is C23H23N3O3. The molecule has 2 N–H and O–H groups in total. The molecule has 3 aromatic carbocycles. The predicted octanol–water partition coefficient (Wildman–Crippen LogP) is 4.47. The summed E-state index contributed by atoms with van der Waals surface area (Å²) in [6.07, 6.45) is 1.68. The summed E-state index contributed by atoms with van der Waals surface area (Å²) in [6, 6.07) is 22.6. The highest BCUT2D eigenvalue weighted by atomic mass is 16.5. The number of hydrazone groups is 1. The van der Waals surface area contributed by atoms with Gasteiger partial charge in [-0.2, -0.15) is 5.10 Å². The predicted molar refractivity (Wildman–Crippen MR) is 116 cm³/mol. The van der Waals surface area contributed by atoms with E-state index in [-0.39, 0.29) is 12.5 Å². The molecule has 0 aliphatic carbocycles. The van der Waals surface area contributed by atoms with Gasteiger partial charge in [-0.15, -0.1) is 0 Å². The smallest absolute Gasteiger partial charge is 0.262 e. The third-order valence-corrected chi connectivity index (χ3v) is 4.15. The zero-order valence-electron chi connectivity index (χ0n) is 16.4. The van der Waals surface area contributed by atoms with Gasteiger partial charge in [0.05, 0.1) is 19.0 Å². The highest BCUT2D eigenvalue weighted by Crippen LogP contribution is 2.27. The Hall–Kier alpha value is -3.80. The van der Waals surface area contributed by atoms with Crippen molar-refractivity contribution in [1.82, 2.24) is 0 Å². The van der Waals surface area contributed by atoms with Crippen LogP contribution in [0, 0.1) is 6.92 Å². The number of para-hydroxylation sites is 2. The van der Waals surface area contributed by atoms with Crippen LogP contribution >= 0.6 is 0 Å². The number of anilines is 2. The molecular weight excluding hydrogens is 366 g/mol. The Bertz CT molecular complexity index is 988. The molecule has 0 heterocycles. The first-order chi connectivity index (χ1) is 14.2. The molecule has 3 rings (SSSR count). The van der Waals surface area contributed by atoms with Crippen LogP contribution in [0.15, 0.2) is 77.9 Å². The SMILES string of the molecule is COc1cc(/C=N/Nc2ccccc2)ccc1OCC(=O)Nc1ccccc1C. The number of hydrogen-bond donors (Lipinski definition) is 2. The number of nitrogens with zero attached hydrogens (tertiary/aromatic N) is 1. The normalized spacial score (nSPS) is 10.6. The first kappa shape index (κ1) is 19.9. The van der Waals surface area contributed by atoms with E-state index in [9.17, 15) is 4.79 Å². The molecule has 0 unspecified atom stereocenters. The molecule has 0 fully saturated rings. The summed E-state index contributed by atoms with van der Waals surface area (Å²) in [7, 11) is 1.55. The number of carbonyl (C=O) groups is 1. The molecule has 0 bridgehead atoms. The Morgan fingerprint density at radius 2 is 1.76 bits per heavy atom. The fourth-order valence-electron chi connectivity index (χ4n) is 2.62. The third-order valence-electron chi connectivity index (χ3n) is 4.15. The Kier molecular flexibility index (Phi) is 6.84. The molecule has 0 saturated heterocycles. The van der Waals surface area contributed by atoms with E-state index < -0.39 is 0 Å². The van der Waals surface area contributed by atoms with Gasteiger partial charge < -0.3 is 14.8 Å². The second-order valence-corrected chi connectivity index (χ2v) is 6.30. The van der Waals surface area contributed by atoms with Gasteiger partial charge in [-0.1, -0.05) is 36.4 Å². The van der Waals surface area contributed by atoms with Crippen molar-refractivity contribution in [2.24, 2.45) is 5.10 Å². The van der Waals surface area contributed by atoms with Crippen LogP contribution in [-0.2, 0) is 4.79 Å². The first-order valence-corrected chi connectivity index (χ1v) is 9.16. The largest absolute Gasteiger partial charge is 0.493 e. The number of hydrogen-bond acceptors (Lipinski definition) is 5. The Balaban J connectivity index is 1.58. The monoisotopic (exact) mass is 389 g/mol. The summed E-state index contributed by atoms with van der Waals surface area (Å²) >= 11 is 0. The van der Waals surface area contributed by atoms with Crippen LogP contribution in [0.4, 0.5) is 11.4 Å². The average Bonchev–Trinajstić information content (AvgIpc) is 2.75. The van der Waals surface area contributed by atoms with Crippen LogP contribution < -0.4 is 20.2 Å². The summed E-state index contributed by atoms with van der Waals surface area (Å²) in [6.45, 7) is 1.82. The lowest BCUT2D eigenvalue weighted by molar-refractivity contribution is -0.118. The lowest BCUT2D eigenvalue weighted by Gasteiger charge is -2.12. The molecule has 3 aromatic rings. The standard InChI is InChI=1S/C23H23N3O3/c1-17-8-6-7-11-20(17)25-23(27)16-29-21-13-12-18(14-22(21)28-2)15-24-26-19-9-4-3-5-10-19/h3-15,26H,16H2,1-2H3,(H,25,27)/b24-15+. The van der Waals surface area contributed by atoms with Gasteiger partial charge in [0.2, 0.25) is 0 Å². The highest BCUT2D eigenvalue weighted by molar-refractivity contribution is 5.92. The van der Waals surface area contributed by atoms with Crippen molar-refractivity contribution in [2.75, 3.05) is 24.5 Å². The van der Waals surface area contributed by atoms with E-state index in [1.165, 1.54) is 0 Å². The maximum absolute atomic E-state index is 12.2. The van der Waals surface area contributed by atoms with Crippen molar-refractivity contribution >= 4 is 23.5 Å². The molecule has 0 aliphatic heterocycles. The molecule has 29 heavy (non-hydrogen) atoms. The van der Waals surface area contributed by atoms with E-state index in [0.717, 1.165) is 22.5 Å². The minimum absolute atomic E-state index is 0.117. The second kappa shape index (κ2) is 9.94. The molecule has 0 spiro atoms. The van der Waals surface area contributed by atoms with Crippen LogP contribution in [-0.4, -0.2) is 25.8 Å². The van der Waals surface area contributed by atoms with Gasteiger partial charge in [-0.05, 0) is 54.4 Å². The van der Waals surface area contributed by atoms with Gasteiger partial charge in [0.25, 0.3) is 5.91 Å². The number of carbonyl (C=O) groups excluding carboxylic acids is 1. The molecule has 0 atom stereocenters. The van der Waals surface area contributed by atoms with Crippen molar-refractivity contribution in [3.8, 4) is 11.5 Å². The third kappa shape index (κ3) is 5.84. The zero-order chi connectivity index (χ0) is 20.5. The molecule has 1 amide bonds. The zero-order valence-corrected chi connectivity index (χ0v) is 16.4. The van der Waals surface area contributed by atoms with Crippen molar-refractivity contribution in [3.05, 3.63) is 83.9 Å². The van der Waals surface area contributed by atoms with Crippen LogP contribution in [0.5, 0.6) is 11.5 Å². The van der Waals surface area contributed by atoms with E-state index in [1.54, 1.807) is 25.5 Å². The first-order valence-electron chi connectivity index (χ1n) is 9.16. The van der Waals surface area contributed by atoms with Gasteiger partial charge in [-0.3, -0.25) is 10.2 Å². The van der Waals surface area contributed by atoms with E-state index >= 15 is 0 Å². The van der Waals surface area contributed by atoms with E-state index in [4.69, 9.17) is 9.47 Å². The molecule has 0 saturated carbocycles. The topological polar surface area (TPSA) is 71.9 Å². The highest BCUT2D eigenvalue weighted by Gasteiger charge is 2.09. The van der Waals surface area contributed by atoms with Crippen LogP contribution in [0.1, 0.15) is 11.1 Å². The number of benzene rings is 3. The summed E-state index contributed by atoms with van der Waals surface area (Å²) in [5, 5.41) is 7.05. The fourth-order valence-corrected chi connectivity index (χ4v) is 2.62. The molecule has 0 aliphatic rings. The minimum atomic E-state index is -0.237. The van der Waals surface area contributed by atoms with Crippen molar-refractivity contribution in [1.29, 1.82) is 0 Å². The summed E-state index contributed by atoms with van der Waals surface area (Å²) in [4.78, 5) is 12.2. The fraction of sp³-hybridized carbons (Fsp3) is 0.130. The average molecular weight is 389 g/mol. The van der Waals surface area contributed by atoms with Gasteiger partial charge in [0.15, 0.2) is 18.1 Å². The molecule has 0 radical (unpaired) electrons. The second-order valence-electron chi connectivity index (χ2n) is 6.30. The van der Waals surface area contributed by atoms with Gasteiger partial charge in [0, 0.05) is 5.69 Å². The summed E-state index contributed by atoms with van der Waals surface area (Å²) < 4.78 is 11.0. The van der Waals surface area contributed by atoms with Gasteiger partial charge in [0.1, 0.15) is 0 Å². The number of ether oxygens (including phenoxy) is 2. The molecule has 6 heteroatoms. The van der Waals surface area contributed by atoms with Crippen molar-refractivity contribution < 1.29 is 14.3 Å². The number of nitrogens with one attached hydrogen (secondary N) is 2. The number of amides is 1. The Morgan fingerprint density at radius 3 is 2.52 bits per heavy atom.